The maximum atomic E-state index is 12.3. The highest BCUT2D eigenvalue weighted by Crippen LogP contribution is 2.37. The third-order valence-corrected chi connectivity index (χ3v) is 5.76. The van der Waals surface area contributed by atoms with Crippen LogP contribution < -0.4 is 20.1 Å². The van der Waals surface area contributed by atoms with Crippen molar-refractivity contribution in [3.63, 3.8) is 0 Å². The highest BCUT2D eigenvalue weighted by molar-refractivity contribution is 6.14. The van der Waals surface area contributed by atoms with E-state index in [-0.39, 0.29) is 24.8 Å². The molecule has 3 amide bonds. The third kappa shape index (κ3) is 4.30. The number of urea groups is 1. The van der Waals surface area contributed by atoms with Crippen molar-refractivity contribution >= 4 is 29.0 Å². The Balaban J connectivity index is 1.45. The van der Waals surface area contributed by atoms with E-state index < -0.39 is 0 Å². The number of benzene rings is 3. The Morgan fingerprint density at radius 2 is 1.59 bits per heavy atom. The molecule has 2 aliphatic heterocycles. The van der Waals surface area contributed by atoms with Crippen molar-refractivity contribution < 1.29 is 19.1 Å². The summed E-state index contributed by atoms with van der Waals surface area (Å²) in [5.41, 5.74) is 4.74. The van der Waals surface area contributed by atoms with Crippen molar-refractivity contribution in [1.29, 1.82) is 0 Å². The van der Waals surface area contributed by atoms with E-state index in [2.05, 4.69) is 10.6 Å². The molecule has 34 heavy (non-hydrogen) atoms. The molecule has 0 aromatic heterocycles. The summed E-state index contributed by atoms with van der Waals surface area (Å²) in [5.74, 6) is 1.23. The summed E-state index contributed by atoms with van der Waals surface area (Å²) in [4.78, 5) is 24.7. The molecule has 0 aliphatic carbocycles. The van der Waals surface area contributed by atoms with Gasteiger partial charge >= 0.3 is 6.03 Å². The number of carbonyl (C=O) groups excluding carboxylic acids is 2. The molecule has 3 aromatic carbocycles. The zero-order chi connectivity index (χ0) is 23.7. The van der Waals surface area contributed by atoms with Crippen LogP contribution in [-0.2, 0) is 11.2 Å². The molecule has 0 fully saturated rings. The first-order valence-corrected chi connectivity index (χ1v) is 11.0. The second-order valence-corrected chi connectivity index (χ2v) is 8.25. The molecule has 0 saturated heterocycles. The molecule has 5 rings (SSSR count). The molecular weight excluding hydrogens is 432 g/mol. The van der Waals surface area contributed by atoms with Crippen molar-refractivity contribution in [1.82, 2.24) is 5.01 Å². The molecule has 2 N–H and O–H groups in total. The van der Waals surface area contributed by atoms with E-state index in [1.165, 1.54) is 11.9 Å². The summed E-state index contributed by atoms with van der Waals surface area (Å²) < 4.78 is 11.2. The number of carbonyl (C=O) groups is 2. The van der Waals surface area contributed by atoms with Crippen LogP contribution in [0.4, 0.5) is 16.2 Å². The standard InChI is InChI=1S/C26H24N4O4/c1-16-12-19-13-23-24(34-15-33-23)14-22(19)25(29-30(16)17(2)31)18-8-10-21(11-9-18)28-26(32)27-20-6-4-3-5-7-20/h3-11,13-14,16H,12,15H2,1-2H3,(H2,27,28,32). The SMILES string of the molecule is CC(=O)N1N=C(c2ccc(NC(=O)Nc3ccccc3)cc2)c2cc3c(cc2CC1C)OCO3. The third-order valence-electron chi connectivity index (χ3n) is 5.76. The van der Waals surface area contributed by atoms with E-state index in [0.717, 1.165) is 16.7 Å². The molecule has 8 nitrogen and oxygen atoms in total. The van der Waals surface area contributed by atoms with E-state index in [4.69, 9.17) is 14.6 Å². The number of anilines is 2. The van der Waals surface area contributed by atoms with Crippen LogP contribution in [0.3, 0.4) is 0 Å². The van der Waals surface area contributed by atoms with Crippen LogP contribution in [0, 0.1) is 0 Å². The summed E-state index contributed by atoms with van der Waals surface area (Å²) >= 11 is 0. The Labute approximate surface area is 197 Å². The summed E-state index contributed by atoms with van der Waals surface area (Å²) in [6, 6.07) is 20.0. The van der Waals surface area contributed by atoms with Gasteiger partial charge in [-0.15, -0.1) is 0 Å². The fourth-order valence-corrected chi connectivity index (χ4v) is 4.16. The van der Waals surface area contributed by atoms with E-state index in [0.29, 0.717) is 35.0 Å². The minimum Gasteiger partial charge on any atom is -0.454 e. The van der Waals surface area contributed by atoms with Crippen LogP contribution in [0.2, 0.25) is 0 Å². The molecule has 0 saturated carbocycles. The monoisotopic (exact) mass is 456 g/mol. The zero-order valence-electron chi connectivity index (χ0n) is 18.9. The predicted octanol–water partition coefficient (Wildman–Crippen LogP) is 4.60. The number of ether oxygens (including phenoxy) is 2. The topological polar surface area (TPSA) is 92.3 Å². The highest BCUT2D eigenvalue weighted by atomic mass is 16.7. The lowest BCUT2D eigenvalue weighted by atomic mass is 9.94. The Bertz CT molecular complexity index is 1270. The number of amides is 3. The van der Waals surface area contributed by atoms with Gasteiger partial charge in [0.15, 0.2) is 11.5 Å². The smallest absolute Gasteiger partial charge is 0.323 e. The van der Waals surface area contributed by atoms with Crippen LogP contribution in [0.15, 0.2) is 71.8 Å². The maximum absolute atomic E-state index is 12.3. The number of hydrogen-bond acceptors (Lipinski definition) is 5. The minimum absolute atomic E-state index is 0.114. The van der Waals surface area contributed by atoms with E-state index in [9.17, 15) is 9.59 Å². The lowest BCUT2D eigenvalue weighted by Gasteiger charge is -2.21. The quantitative estimate of drug-likeness (QED) is 0.602. The van der Waals surface area contributed by atoms with Gasteiger partial charge in [0.1, 0.15) is 0 Å². The van der Waals surface area contributed by atoms with Gasteiger partial charge in [0.05, 0.1) is 11.8 Å². The maximum Gasteiger partial charge on any atom is 0.323 e. The molecule has 172 valence electrons. The van der Waals surface area contributed by atoms with Crippen molar-refractivity contribution in [3.8, 4) is 11.5 Å². The lowest BCUT2D eigenvalue weighted by Crippen LogP contribution is -2.33. The second-order valence-electron chi connectivity index (χ2n) is 8.25. The largest absolute Gasteiger partial charge is 0.454 e. The van der Waals surface area contributed by atoms with Gasteiger partial charge in [-0.3, -0.25) is 4.79 Å². The van der Waals surface area contributed by atoms with Gasteiger partial charge in [-0.2, -0.15) is 5.10 Å². The molecule has 1 atom stereocenters. The Kier molecular flexibility index (Phi) is 5.63. The van der Waals surface area contributed by atoms with Crippen LogP contribution in [0.25, 0.3) is 0 Å². The van der Waals surface area contributed by atoms with E-state index in [1.54, 1.807) is 0 Å². The van der Waals surface area contributed by atoms with Crippen molar-refractivity contribution in [3.05, 3.63) is 83.4 Å². The van der Waals surface area contributed by atoms with Gasteiger partial charge in [0, 0.05) is 29.4 Å². The van der Waals surface area contributed by atoms with Gasteiger partial charge in [-0.05, 0) is 55.3 Å². The van der Waals surface area contributed by atoms with Crippen molar-refractivity contribution in [2.75, 3.05) is 17.4 Å². The minimum atomic E-state index is -0.333. The average Bonchev–Trinajstić information content (AvgIpc) is 3.22. The normalized spacial score (nSPS) is 16.2. The number of nitrogens with one attached hydrogen (secondary N) is 2. The molecule has 1 unspecified atom stereocenters. The molecule has 2 heterocycles. The lowest BCUT2D eigenvalue weighted by molar-refractivity contribution is -0.130. The van der Waals surface area contributed by atoms with Gasteiger partial charge in [-0.25, -0.2) is 9.80 Å². The molecule has 0 spiro atoms. The summed E-state index contributed by atoms with van der Waals surface area (Å²) in [6.45, 7) is 3.67. The Morgan fingerprint density at radius 1 is 0.941 bits per heavy atom. The molecule has 0 bridgehead atoms. The van der Waals surface area contributed by atoms with Crippen molar-refractivity contribution in [2.45, 2.75) is 26.3 Å². The Hall–Kier alpha value is -4.33. The van der Waals surface area contributed by atoms with Crippen LogP contribution in [0.1, 0.15) is 30.5 Å². The fourth-order valence-electron chi connectivity index (χ4n) is 4.16. The van der Waals surface area contributed by atoms with Crippen LogP contribution in [0.5, 0.6) is 11.5 Å². The van der Waals surface area contributed by atoms with Crippen LogP contribution in [-0.4, -0.2) is 35.5 Å². The summed E-state index contributed by atoms with van der Waals surface area (Å²) in [5, 5.41) is 11.9. The number of nitrogens with zero attached hydrogens (tertiary/aromatic N) is 2. The van der Waals surface area contributed by atoms with Gasteiger partial charge < -0.3 is 20.1 Å². The molecular formula is C26H24N4O4. The fraction of sp³-hybridized carbons (Fsp3) is 0.192. The summed E-state index contributed by atoms with van der Waals surface area (Å²) in [6.07, 6.45) is 0.637. The number of hydrogen-bond donors (Lipinski definition) is 2. The molecule has 3 aromatic rings. The zero-order valence-corrected chi connectivity index (χ0v) is 18.9. The molecule has 0 radical (unpaired) electrons. The van der Waals surface area contributed by atoms with Crippen LogP contribution >= 0.6 is 0 Å². The first kappa shape index (κ1) is 21.5. The number of para-hydroxylation sites is 1. The van der Waals surface area contributed by atoms with Gasteiger partial charge in [0.2, 0.25) is 12.7 Å². The number of fused-ring (bicyclic) bond motifs is 2. The van der Waals surface area contributed by atoms with E-state index >= 15 is 0 Å². The number of hydrazone groups is 1. The highest BCUT2D eigenvalue weighted by Gasteiger charge is 2.28. The predicted molar refractivity (Wildman–Crippen MR) is 129 cm³/mol. The summed E-state index contributed by atoms with van der Waals surface area (Å²) in [7, 11) is 0. The first-order chi connectivity index (χ1) is 16.5. The van der Waals surface area contributed by atoms with Gasteiger partial charge in [0.25, 0.3) is 0 Å². The molecule has 8 heteroatoms. The van der Waals surface area contributed by atoms with Crippen molar-refractivity contribution in [2.24, 2.45) is 5.10 Å². The second kappa shape index (κ2) is 8.90. The average molecular weight is 457 g/mol. The van der Waals surface area contributed by atoms with Gasteiger partial charge in [-0.1, -0.05) is 30.3 Å². The van der Waals surface area contributed by atoms with E-state index in [1.807, 2.05) is 73.7 Å². The Morgan fingerprint density at radius 3 is 2.26 bits per heavy atom. The number of rotatable bonds is 3. The first-order valence-electron chi connectivity index (χ1n) is 11.0. The molecule has 2 aliphatic rings.